The molecule has 0 spiro atoms. The van der Waals surface area contributed by atoms with Crippen LogP contribution in [0.5, 0.6) is 0 Å². The molecule has 23 heavy (non-hydrogen) atoms. The van der Waals surface area contributed by atoms with Gasteiger partial charge in [-0.2, -0.15) is 0 Å². The van der Waals surface area contributed by atoms with Crippen molar-refractivity contribution >= 4 is 5.91 Å². The predicted molar refractivity (Wildman–Crippen MR) is 88.8 cm³/mol. The molecule has 0 aliphatic rings. The van der Waals surface area contributed by atoms with Gasteiger partial charge in [0.25, 0.3) is 0 Å². The van der Waals surface area contributed by atoms with Gasteiger partial charge in [-0.3, -0.25) is 4.79 Å². The van der Waals surface area contributed by atoms with Gasteiger partial charge >= 0.3 is 0 Å². The highest BCUT2D eigenvalue weighted by Gasteiger charge is 2.15. The largest absolute Gasteiger partial charge is 0.467 e. The molecule has 1 N–H and O–H groups in total. The average Bonchev–Trinajstić information content (AvgIpc) is 3.08. The zero-order chi connectivity index (χ0) is 16.3. The number of methoxy groups -OCH3 is 1. The summed E-state index contributed by atoms with van der Waals surface area (Å²) < 4.78 is 10.4. The van der Waals surface area contributed by atoms with Crippen LogP contribution in [0.3, 0.4) is 0 Å². The van der Waals surface area contributed by atoms with Crippen LogP contribution in [0.25, 0.3) is 0 Å². The molecule has 124 valence electrons. The van der Waals surface area contributed by atoms with Gasteiger partial charge in [0.2, 0.25) is 5.91 Å². The van der Waals surface area contributed by atoms with E-state index in [0.29, 0.717) is 26.2 Å². The zero-order valence-electron chi connectivity index (χ0n) is 13.5. The van der Waals surface area contributed by atoms with Gasteiger partial charge < -0.3 is 19.4 Å². The molecule has 0 radical (unpaired) electrons. The molecule has 0 saturated heterocycles. The number of amides is 1. The van der Waals surface area contributed by atoms with Crippen molar-refractivity contribution in [3.8, 4) is 0 Å². The number of ether oxygens (including phenoxy) is 1. The lowest BCUT2D eigenvalue weighted by atomic mass is 10.2. The van der Waals surface area contributed by atoms with E-state index in [2.05, 4.69) is 5.32 Å². The van der Waals surface area contributed by atoms with Crippen LogP contribution in [0.2, 0.25) is 0 Å². The van der Waals surface area contributed by atoms with Crippen molar-refractivity contribution in [3.05, 3.63) is 60.1 Å². The molecule has 0 aliphatic carbocycles. The molecular weight excluding hydrogens is 292 g/mol. The summed E-state index contributed by atoms with van der Waals surface area (Å²) in [5.74, 6) is 0.844. The Morgan fingerprint density at radius 2 is 2.00 bits per heavy atom. The monoisotopic (exact) mass is 316 g/mol. The maximum Gasteiger partial charge on any atom is 0.237 e. The maximum absolute atomic E-state index is 12.5. The molecule has 5 heteroatoms. The van der Waals surface area contributed by atoms with Gasteiger partial charge in [-0.15, -0.1) is 0 Å². The van der Waals surface area contributed by atoms with Gasteiger partial charge in [0.15, 0.2) is 0 Å². The number of hydrogen-bond donors (Lipinski definition) is 1. The van der Waals surface area contributed by atoms with Crippen LogP contribution in [0, 0.1) is 0 Å². The number of nitrogens with one attached hydrogen (secondary N) is 1. The highest BCUT2D eigenvalue weighted by atomic mass is 16.5. The second kappa shape index (κ2) is 9.82. The van der Waals surface area contributed by atoms with E-state index < -0.39 is 0 Å². The molecule has 1 aromatic heterocycles. The van der Waals surface area contributed by atoms with E-state index in [-0.39, 0.29) is 5.91 Å². The summed E-state index contributed by atoms with van der Waals surface area (Å²) in [6.45, 7) is 2.82. The minimum absolute atomic E-state index is 0.0580. The maximum atomic E-state index is 12.5. The lowest BCUT2D eigenvalue weighted by molar-refractivity contribution is -0.131. The molecule has 0 fully saturated rings. The Labute approximate surface area is 137 Å². The van der Waals surface area contributed by atoms with Crippen molar-refractivity contribution in [3.63, 3.8) is 0 Å². The second-order valence-corrected chi connectivity index (χ2v) is 5.34. The van der Waals surface area contributed by atoms with E-state index in [1.54, 1.807) is 18.3 Å². The number of rotatable bonds is 10. The van der Waals surface area contributed by atoms with Crippen LogP contribution in [-0.4, -0.2) is 37.6 Å². The van der Waals surface area contributed by atoms with E-state index in [0.717, 1.165) is 24.3 Å². The van der Waals surface area contributed by atoms with Gasteiger partial charge in [-0.05, 0) is 30.7 Å². The number of nitrogens with zero attached hydrogens (tertiary/aromatic N) is 1. The normalized spacial score (nSPS) is 10.7. The van der Waals surface area contributed by atoms with E-state index in [1.165, 1.54) is 0 Å². The van der Waals surface area contributed by atoms with Gasteiger partial charge in [0.05, 0.1) is 19.4 Å². The smallest absolute Gasteiger partial charge is 0.237 e. The Hall–Kier alpha value is -2.11. The Kier molecular flexibility index (Phi) is 7.36. The van der Waals surface area contributed by atoms with Crippen LogP contribution in [0.1, 0.15) is 17.7 Å². The summed E-state index contributed by atoms with van der Waals surface area (Å²) in [4.78, 5) is 14.3. The standard InChI is InChI=1S/C18H24N2O3/c1-22-11-6-10-19-13-18(21)20(15-17-9-5-12-23-17)14-16-7-3-2-4-8-16/h2-5,7-9,12,19H,6,10-11,13-15H2,1H3. The van der Waals surface area contributed by atoms with Gasteiger partial charge in [0.1, 0.15) is 5.76 Å². The van der Waals surface area contributed by atoms with E-state index in [9.17, 15) is 4.79 Å². The Bertz CT molecular complexity index is 555. The van der Waals surface area contributed by atoms with Crippen molar-refractivity contribution in [1.29, 1.82) is 0 Å². The Morgan fingerprint density at radius 3 is 2.70 bits per heavy atom. The number of furan rings is 1. The van der Waals surface area contributed by atoms with E-state index in [1.807, 2.05) is 42.5 Å². The lowest BCUT2D eigenvalue weighted by Gasteiger charge is -2.22. The topological polar surface area (TPSA) is 54.7 Å². The first-order chi connectivity index (χ1) is 11.3. The van der Waals surface area contributed by atoms with Crippen LogP contribution < -0.4 is 5.32 Å². The van der Waals surface area contributed by atoms with Crippen molar-refractivity contribution < 1.29 is 13.9 Å². The summed E-state index contributed by atoms with van der Waals surface area (Å²) in [6.07, 6.45) is 2.52. The molecule has 1 heterocycles. The van der Waals surface area contributed by atoms with Crippen molar-refractivity contribution in [2.45, 2.75) is 19.5 Å². The first-order valence-corrected chi connectivity index (χ1v) is 7.83. The summed E-state index contributed by atoms with van der Waals surface area (Å²) >= 11 is 0. The second-order valence-electron chi connectivity index (χ2n) is 5.34. The fourth-order valence-electron chi connectivity index (χ4n) is 2.28. The number of carbonyl (C=O) groups excluding carboxylic acids is 1. The highest BCUT2D eigenvalue weighted by Crippen LogP contribution is 2.10. The van der Waals surface area contributed by atoms with Crippen molar-refractivity contribution in [1.82, 2.24) is 10.2 Å². The number of carbonyl (C=O) groups is 1. The van der Waals surface area contributed by atoms with Crippen molar-refractivity contribution in [2.75, 3.05) is 26.8 Å². The van der Waals surface area contributed by atoms with Gasteiger partial charge in [0, 0.05) is 20.3 Å². The van der Waals surface area contributed by atoms with Crippen LogP contribution in [0.4, 0.5) is 0 Å². The molecule has 0 atom stereocenters. The molecule has 5 nitrogen and oxygen atoms in total. The van der Waals surface area contributed by atoms with Crippen LogP contribution in [-0.2, 0) is 22.6 Å². The average molecular weight is 316 g/mol. The molecule has 0 saturated carbocycles. The third-order valence-electron chi connectivity index (χ3n) is 3.47. The first-order valence-electron chi connectivity index (χ1n) is 7.83. The summed E-state index contributed by atoms with van der Waals surface area (Å²) in [5.41, 5.74) is 1.10. The molecule has 0 aliphatic heterocycles. The van der Waals surface area contributed by atoms with E-state index in [4.69, 9.17) is 9.15 Å². The Morgan fingerprint density at radius 1 is 1.17 bits per heavy atom. The predicted octanol–water partition coefficient (Wildman–Crippen LogP) is 2.43. The fourth-order valence-corrected chi connectivity index (χ4v) is 2.28. The quantitative estimate of drug-likeness (QED) is 0.684. The molecule has 0 unspecified atom stereocenters. The minimum atomic E-state index is 0.0580. The summed E-state index contributed by atoms with van der Waals surface area (Å²) in [6, 6.07) is 13.7. The number of hydrogen-bond acceptors (Lipinski definition) is 4. The third kappa shape index (κ3) is 6.26. The third-order valence-corrected chi connectivity index (χ3v) is 3.47. The van der Waals surface area contributed by atoms with Gasteiger partial charge in [-0.25, -0.2) is 0 Å². The SMILES string of the molecule is COCCCNCC(=O)N(Cc1ccccc1)Cc1ccco1. The molecule has 1 amide bonds. The molecule has 2 rings (SSSR count). The Balaban J connectivity index is 1.91. The summed E-state index contributed by atoms with van der Waals surface area (Å²) in [5, 5.41) is 3.16. The highest BCUT2D eigenvalue weighted by molar-refractivity contribution is 5.78. The van der Waals surface area contributed by atoms with Gasteiger partial charge in [-0.1, -0.05) is 30.3 Å². The molecule has 2 aromatic rings. The fraction of sp³-hybridized carbons (Fsp3) is 0.389. The molecule has 1 aromatic carbocycles. The van der Waals surface area contributed by atoms with Crippen LogP contribution in [0.15, 0.2) is 53.1 Å². The minimum Gasteiger partial charge on any atom is -0.467 e. The van der Waals surface area contributed by atoms with Crippen molar-refractivity contribution in [2.24, 2.45) is 0 Å². The zero-order valence-corrected chi connectivity index (χ0v) is 13.5. The molecule has 0 bridgehead atoms. The summed E-state index contributed by atoms with van der Waals surface area (Å²) in [7, 11) is 1.68. The first kappa shape index (κ1) is 17.2. The molecular formula is C18H24N2O3. The van der Waals surface area contributed by atoms with Crippen LogP contribution >= 0.6 is 0 Å². The number of benzene rings is 1. The lowest BCUT2D eigenvalue weighted by Crippen LogP contribution is -2.37. The van der Waals surface area contributed by atoms with E-state index >= 15 is 0 Å².